The molecule has 0 saturated carbocycles. The van der Waals surface area contributed by atoms with Crippen LogP contribution in [-0.2, 0) is 17.8 Å². The van der Waals surface area contributed by atoms with Gasteiger partial charge >= 0.3 is 0 Å². The maximum absolute atomic E-state index is 9.62. The Labute approximate surface area is 163 Å². The number of aliphatic hydroxyl groups excluding tert-OH is 1. The number of guanidine groups is 1. The Bertz CT molecular complexity index is 597. The minimum atomic E-state index is -0.107. The van der Waals surface area contributed by atoms with E-state index in [0.717, 1.165) is 71.1 Å². The summed E-state index contributed by atoms with van der Waals surface area (Å²) >= 11 is 0. The molecule has 2 N–H and O–H groups in total. The average Bonchev–Trinajstić information content (AvgIpc) is 3.14. The van der Waals surface area contributed by atoms with Gasteiger partial charge < -0.3 is 20.1 Å². The number of nitrogens with zero attached hydrogens (tertiary/aromatic N) is 3. The Kier molecular flexibility index (Phi) is 7.50. The molecule has 6 nitrogen and oxygen atoms in total. The normalized spacial score (nSPS) is 22.4. The van der Waals surface area contributed by atoms with Crippen LogP contribution in [-0.4, -0.2) is 73.9 Å². The van der Waals surface area contributed by atoms with Crippen LogP contribution >= 0.6 is 0 Å². The van der Waals surface area contributed by atoms with Gasteiger partial charge in [-0.1, -0.05) is 24.3 Å². The van der Waals surface area contributed by atoms with Crippen molar-refractivity contribution in [3.63, 3.8) is 0 Å². The number of aliphatic hydroxyl groups is 1. The van der Waals surface area contributed by atoms with E-state index in [-0.39, 0.29) is 6.10 Å². The second kappa shape index (κ2) is 10.1. The summed E-state index contributed by atoms with van der Waals surface area (Å²) < 4.78 is 5.28. The van der Waals surface area contributed by atoms with Crippen LogP contribution in [0.15, 0.2) is 29.3 Å². The topological polar surface area (TPSA) is 60.3 Å². The zero-order valence-electron chi connectivity index (χ0n) is 16.7. The van der Waals surface area contributed by atoms with Gasteiger partial charge in [-0.2, -0.15) is 0 Å². The van der Waals surface area contributed by atoms with Crippen molar-refractivity contribution in [3.8, 4) is 0 Å². The van der Waals surface area contributed by atoms with Gasteiger partial charge in [-0.25, -0.2) is 0 Å². The molecule has 0 amide bonds. The summed E-state index contributed by atoms with van der Waals surface area (Å²) in [5.41, 5.74) is 2.60. The Morgan fingerprint density at radius 3 is 2.52 bits per heavy atom. The van der Waals surface area contributed by atoms with Gasteiger partial charge in [0.05, 0.1) is 12.7 Å². The van der Waals surface area contributed by atoms with Gasteiger partial charge in [-0.05, 0) is 30.4 Å². The van der Waals surface area contributed by atoms with Crippen molar-refractivity contribution in [2.45, 2.75) is 38.5 Å². The summed E-state index contributed by atoms with van der Waals surface area (Å²) in [5.74, 6) is 1.58. The number of benzene rings is 1. The number of aliphatic imine (C=N–C) groups is 1. The standard InChI is InChI=1S/C21H34N4O2/c1-22-21(25-12-7-19(15-25)16-27-2)23-13-17-3-5-18(6-4-17)14-24-10-8-20(26)9-11-24/h3-6,19-20,26H,7-16H2,1-2H3,(H,22,23). The lowest BCUT2D eigenvalue weighted by atomic mass is 10.1. The zero-order chi connectivity index (χ0) is 19.1. The molecule has 2 heterocycles. The predicted octanol–water partition coefficient (Wildman–Crippen LogP) is 1.69. The first kappa shape index (κ1) is 20.1. The monoisotopic (exact) mass is 374 g/mol. The van der Waals surface area contributed by atoms with Gasteiger partial charge in [0.25, 0.3) is 0 Å². The molecule has 2 fully saturated rings. The molecule has 2 saturated heterocycles. The minimum Gasteiger partial charge on any atom is -0.393 e. The van der Waals surface area contributed by atoms with E-state index in [1.807, 2.05) is 7.05 Å². The molecule has 0 spiro atoms. The SMILES string of the molecule is CN=C(NCc1ccc(CN2CCC(O)CC2)cc1)N1CCC(COC)C1. The van der Waals surface area contributed by atoms with Crippen LogP contribution in [0.2, 0.25) is 0 Å². The van der Waals surface area contributed by atoms with Crippen LogP contribution in [0.1, 0.15) is 30.4 Å². The number of rotatable bonds is 6. The van der Waals surface area contributed by atoms with Crippen molar-refractivity contribution in [2.75, 3.05) is 46.9 Å². The van der Waals surface area contributed by atoms with E-state index in [2.05, 4.69) is 44.4 Å². The summed E-state index contributed by atoms with van der Waals surface area (Å²) in [4.78, 5) is 9.19. The van der Waals surface area contributed by atoms with Crippen molar-refractivity contribution in [3.05, 3.63) is 35.4 Å². The van der Waals surface area contributed by atoms with Crippen LogP contribution in [0.4, 0.5) is 0 Å². The van der Waals surface area contributed by atoms with Crippen molar-refractivity contribution < 1.29 is 9.84 Å². The van der Waals surface area contributed by atoms with Gasteiger partial charge in [-0.15, -0.1) is 0 Å². The average molecular weight is 375 g/mol. The van der Waals surface area contributed by atoms with Gasteiger partial charge in [0.15, 0.2) is 5.96 Å². The lowest BCUT2D eigenvalue weighted by Crippen LogP contribution is -2.39. The molecular formula is C21H34N4O2. The van der Waals surface area contributed by atoms with Crippen LogP contribution in [0.5, 0.6) is 0 Å². The van der Waals surface area contributed by atoms with E-state index in [1.54, 1.807) is 7.11 Å². The highest BCUT2D eigenvalue weighted by Crippen LogP contribution is 2.17. The van der Waals surface area contributed by atoms with Crippen molar-refractivity contribution in [2.24, 2.45) is 10.9 Å². The fourth-order valence-electron chi connectivity index (χ4n) is 4.01. The molecule has 0 radical (unpaired) electrons. The van der Waals surface area contributed by atoms with E-state index >= 15 is 0 Å². The summed E-state index contributed by atoms with van der Waals surface area (Å²) in [6.45, 7) is 6.60. The summed E-state index contributed by atoms with van der Waals surface area (Å²) in [7, 11) is 3.62. The lowest BCUT2D eigenvalue weighted by molar-refractivity contribution is 0.0792. The van der Waals surface area contributed by atoms with Gasteiger partial charge in [0, 0.05) is 59.3 Å². The molecule has 1 aromatic carbocycles. The molecular weight excluding hydrogens is 340 g/mol. The fourth-order valence-corrected chi connectivity index (χ4v) is 4.01. The van der Waals surface area contributed by atoms with Gasteiger partial charge in [-0.3, -0.25) is 9.89 Å². The molecule has 2 aliphatic rings. The highest BCUT2D eigenvalue weighted by Gasteiger charge is 2.24. The maximum atomic E-state index is 9.62. The Balaban J connectivity index is 1.45. The molecule has 1 aromatic rings. The molecule has 150 valence electrons. The second-order valence-corrected chi connectivity index (χ2v) is 7.78. The molecule has 2 aliphatic heterocycles. The third-order valence-corrected chi connectivity index (χ3v) is 5.64. The Morgan fingerprint density at radius 1 is 1.15 bits per heavy atom. The molecule has 0 aromatic heterocycles. The summed E-state index contributed by atoms with van der Waals surface area (Å²) in [5, 5.41) is 13.1. The molecule has 1 unspecified atom stereocenters. The van der Waals surface area contributed by atoms with E-state index in [0.29, 0.717) is 5.92 Å². The van der Waals surface area contributed by atoms with Crippen LogP contribution in [0.25, 0.3) is 0 Å². The quantitative estimate of drug-likeness (QED) is 0.586. The second-order valence-electron chi connectivity index (χ2n) is 7.78. The Hall–Kier alpha value is -1.63. The number of nitrogens with one attached hydrogen (secondary N) is 1. The number of hydrogen-bond acceptors (Lipinski definition) is 4. The molecule has 3 rings (SSSR count). The molecule has 1 atom stereocenters. The molecule has 27 heavy (non-hydrogen) atoms. The lowest BCUT2D eigenvalue weighted by Gasteiger charge is -2.29. The summed E-state index contributed by atoms with van der Waals surface area (Å²) in [6, 6.07) is 8.84. The first-order chi connectivity index (χ1) is 13.2. The smallest absolute Gasteiger partial charge is 0.193 e. The number of methoxy groups -OCH3 is 1. The number of piperidine rings is 1. The number of ether oxygens (including phenoxy) is 1. The van der Waals surface area contributed by atoms with Gasteiger partial charge in [0.2, 0.25) is 0 Å². The van der Waals surface area contributed by atoms with Crippen molar-refractivity contribution in [1.29, 1.82) is 0 Å². The van der Waals surface area contributed by atoms with Crippen molar-refractivity contribution >= 4 is 5.96 Å². The third-order valence-electron chi connectivity index (χ3n) is 5.64. The number of likely N-dealkylation sites (tertiary alicyclic amines) is 2. The third kappa shape index (κ3) is 5.92. The highest BCUT2D eigenvalue weighted by atomic mass is 16.5. The molecule has 0 bridgehead atoms. The first-order valence-corrected chi connectivity index (χ1v) is 10.1. The first-order valence-electron chi connectivity index (χ1n) is 10.1. The Morgan fingerprint density at radius 2 is 1.85 bits per heavy atom. The maximum Gasteiger partial charge on any atom is 0.193 e. The zero-order valence-corrected chi connectivity index (χ0v) is 16.7. The van der Waals surface area contributed by atoms with E-state index in [1.165, 1.54) is 11.1 Å². The van der Waals surface area contributed by atoms with E-state index in [4.69, 9.17) is 4.74 Å². The van der Waals surface area contributed by atoms with Crippen molar-refractivity contribution in [1.82, 2.24) is 15.1 Å². The van der Waals surface area contributed by atoms with E-state index in [9.17, 15) is 5.11 Å². The van der Waals surface area contributed by atoms with Crippen LogP contribution < -0.4 is 5.32 Å². The van der Waals surface area contributed by atoms with E-state index < -0.39 is 0 Å². The fraction of sp³-hybridized carbons (Fsp3) is 0.667. The minimum absolute atomic E-state index is 0.107. The number of hydrogen-bond donors (Lipinski definition) is 2. The highest BCUT2D eigenvalue weighted by molar-refractivity contribution is 5.80. The summed E-state index contributed by atoms with van der Waals surface area (Å²) in [6.07, 6.45) is 2.84. The van der Waals surface area contributed by atoms with Crippen LogP contribution in [0.3, 0.4) is 0 Å². The molecule has 6 heteroatoms. The largest absolute Gasteiger partial charge is 0.393 e. The van der Waals surface area contributed by atoms with Crippen LogP contribution in [0, 0.1) is 5.92 Å². The molecule has 0 aliphatic carbocycles. The predicted molar refractivity (Wildman–Crippen MR) is 109 cm³/mol. The van der Waals surface area contributed by atoms with Gasteiger partial charge in [0.1, 0.15) is 0 Å².